The highest BCUT2D eigenvalue weighted by Gasteiger charge is 2.17. The average molecular weight is 506 g/mol. The summed E-state index contributed by atoms with van der Waals surface area (Å²) in [6.07, 6.45) is 0. The lowest BCUT2D eigenvalue weighted by molar-refractivity contribution is -0.113. The molecule has 0 atom stereocenters. The fraction of sp³-hybridized carbons (Fsp3) is 0.0909. The van der Waals surface area contributed by atoms with Crippen LogP contribution in [0.15, 0.2) is 69.9 Å². The standard InChI is InChI=1S/C22H17F2N3O3S3/c1-13-2-4-14(5-3-13)25-21(28)12-31-22-26-19-9-6-15(10-20(19)32-22)27-33(29,30)16-7-8-17(23)18(24)11-16/h2-11,27H,12H2,1H3,(H,25,28). The largest absolute Gasteiger partial charge is 0.325 e. The predicted octanol–water partition coefficient (Wildman–Crippen LogP) is 5.41. The summed E-state index contributed by atoms with van der Waals surface area (Å²) < 4.78 is 55.2. The molecule has 33 heavy (non-hydrogen) atoms. The van der Waals surface area contributed by atoms with Crippen molar-refractivity contribution in [3.8, 4) is 0 Å². The van der Waals surface area contributed by atoms with E-state index in [4.69, 9.17) is 0 Å². The lowest BCUT2D eigenvalue weighted by atomic mass is 10.2. The SMILES string of the molecule is Cc1ccc(NC(=O)CSc2nc3ccc(NS(=O)(=O)c4ccc(F)c(F)c4)cc3s2)cc1. The molecule has 0 bridgehead atoms. The Labute approximate surface area is 197 Å². The number of benzene rings is 3. The Bertz CT molecular complexity index is 1440. The molecule has 0 unspecified atom stereocenters. The Kier molecular flexibility index (Phi) is 6.63. The number of halogens is 2. The molecule has 0 radical (unpaired) electrons. The third-order valence-corrected chi connectivity index (χ3v) is 8.02. The number of amides is 1. The van der Waals surface area contributed by atoms with Crippen LogP contribution in [0, 0.1) is 18.6 Å². The van der Waals surface area contributed by atoms with Gasteiger partial charge >= 0.3 is 0 Å². The van der Waals surface area contributed by atoms with Gasteiger partial charge in [-0.2, -0.15) is 0 Å². The molecule has 3 aromatic carbocycles. The summed E-state index contributed by atoms with van der Waals surface area (Å²) in [5, 5.41) is 2.82. The van der Waals surface area contributed by atoms with E-state index < -0.39 is 21.7 Å². The van der Waals surface area contributed by atoms with E-state index in [0.717, 1.165) is 17.7 Å². The highest BCUT2D eigenvalue weighted by atomic mass is 32.2. The molecule has 11 heteroatoms. The predicted molar refractivity (Wildman–Crippen MR) is 127 cm³/mol. The van der Waals surface area contributed by atoms with E-state index in [0.29, 0.717) is 26.3 Å². The van der Waals surface area contributed by atoms with Crippen LogP contribution in [-0.4, -0.2) is 25.1 Å². The molecule has 4 aromatic rings. The molecule has 1 aromatic heterocycles. The first-order valence-corrected chi connectivity index (χ1v) is 12.9. The van der Waals surface area contributed by atoms with E-state index in [9.17, 15) is 22.0 Å². The molecule has 2 N–H and O–H groups in total. The lowest BCUT2D eigenvalue weighted by Crippen LogP contribution is -2.13. The van der Waals surface area contributed by atoms with Gasteiger partial charge < -0.3 is 5.32 Å². The maximum absolute atomic E-state index is 13.4. The fourth-order valence-corrected chi connectivity index (χ4v) is 5.82. The van der Waals surface area contributed by atoms with Crippen LogP contribution in [0.25, 0.3) is 10.2 Å². The van der Waals surface area contributed by atoms with Crippen LogP contribution in [-0.2, 0) is 14.8 Å². The summed E-state index contributed by atoms with van der Waals surface area (Å²) in [5.74, 6) is -2.37. The van der Waals surface area contributed by atoms with Crippen molar-refractivity contribution in [3.63, 3.8) is 0 Å². The Morgan fingerprint density at radius 2 is 1.73 bits per heavy atom. The van der Waals surface area contributed by atoms with Crippen LogP contribution in [0.1, 0.15) is 5.56 Å². The zero-order chi connectivity index (χ0) is 23.6. The number of carbonyl (C=O) groups is 1. The molecule has 0 spiro atoms. The zero-order valence-electron chi connectivity index (χ0n) is 17.1. The summed E-state index contributed by atoms with van der Waals surface area (Å²) in [6.45, 7) is 1.97. The molecule has 4 rings (SSSR count). The second kappa shape index (κ2) is 9.46. The number of carbonyl (C=O) groups excluding carboxylic acids is 1. The molecule has 0 aliphatic carbocycles. The van der Waals surface area contributed by atoms with Crippen molar-refractivity contribution in [1.82, 2.24) is 4.98 Å². The molecule has 0 aliphatic rings. The lowest BCUT2D eigenvalue weighted by Gasteiger charge is -2.08. The van der Waals surface area contributed by atoms with Gasteiger partial charge in [0, 0.05) is 5.69 Å². The van der Waals surface area contributed by atoms with Gasteiger partial charge in [0.2, 0.25) is 5.91 Å². The van der Waals surface area contributed by atoms with Gasteiger partial charge in [0.15, 0.2) is 16.0 Å². The molecule has 0 saturated carbocycles. The number of thioether (sulfide) groups is 1. The number of hydrogen-bond acceptors (Lipinski definition) is 6. The topological polar surface area (TPSA) is 88.2 Å². The first-order valence-electron chi connectivity index (χ1n) is 9.57. The minimum Gasteiger partial charge on any atom is -0.325 e. The van der Waals surface area contributed by atoms with Crippen molar-refractivity contribution in [3.05, 3.63) is 77.9 Å². The number of rotatable bonds is 7. The normalized spacial score (nSPS) is 11.5. The Balaban J connectivity index is 1.43. The van der Waals surface area contributed by atoms with Crippen molar-refractivity contribution in [1.29, 1.82) is 0 Å². The third-order valence-electron chi connectivity index (χ3n) is 4.48. The maximum Gasteiger partial charge on any atom is 0.261 e. The van der Waals surface area contributed by atoms with Gasteiger partial charge in [-0.25, -0.2) is 22.2 Å². The molecule has 0 fully saturated rings. The van der Waals surface area contributed by atoms with Crippen LogP contribution in [0.5, 0.6) is 0 Å². The van der Waals surface area contributed by atoms with Gasteiger partial charge in [-0.1, -0.05) is 29.5 Å². The van der Waals surface area contributed by atoms with E-state index >= 15 is 0 Å². The molecule has 170 valence electrons. The minimum atomic E-state index is -4.10. The highest BCUT2D eigenvalue weighted by molar-refractivity contribution is 8.01. The number of hydrogen-bond donors (Lipinski definition) is 2. The van der Waals surface area contributed by atoms with Gasteiger partial charge in [0.25, 0.3) is 10.0 Å². The van der Waals surface area contributed by atoms with Crippen LogP contribution >= 0.6 is 23.1 Å². The summed E-state index contributed by atoms with van der Waals surface area (Å²) >= 11 is 2.59. The smallest absolute Gasteiger partial charge is 0.261 e. The van der Waals surface area contributed by atoms with Gasteiger partial charge in [-0.05, 0) is 55.5 Å². The molecule has 1 heterocycles. The number of aryl methyl sites for hydroxylation is 1. The van der Waals surface area contributed by atoms with Gasteiger partial charge in [0.1, 0.15) is 0 Å². The second-order valence-electron chi connectivity index (χ2n) is 7.05. The molecular formula is C22H17F2N3O3S3. The maximum atomic E-state index is 13.4. The second-order valence-corrected chi connectivity index (χ2v) is 11.0. The number of anilines is 2. The van der Waals surface area contributed by atoms with E-state index in [1.807, 2.05) is 31.2 Å². The Morgan fingerprint density at radius 3 is 2.45 bits per heavy atom. The first-order chi connectivity index (χ1) is 15.7. The number of nitrogens with zero attached hydrogens (tertiary/aromatic N) is 1. The van der Waals surface area contributed by atoms with Crippen LogP contribution in [0.3, 0.4) is 0 Å². The van der Waals surface area contributed by atoms with Crippen LogP contribution < -0.4 is 10.0 Å². The summed E-state index contributed by atoms with van der Waals surface area (Å²) in [7, 11) is -4.10. The van der Waals surface area contributed by atoms with Crippen molar-refractivity contribution >= 4 is 60.6 Å². The van der Waals surface area contributed by atoms with Gasteiger partial charge in [-0.15, -0.1) is 11.3 Å². The monoisotopic (exact) mass is 505 g/mol. The summed E-state index contributed by atoms with van der Waals surface area (Å²) in [4.78, 5) is 16.3. The molecule has 6 nitrogen and oxygen atoms in total. The number of thiazole rings is 1. The van der Waals surface area contributed by atoms with E-state index in [-0.39, 0.29) is 22.2 Å². The Hall–Kier alpha value is -3.02. The zero-order valence-corrected chi connectivity index (χ0v) is 19.6. The number of nitrogens with one attached hydrogen (secondary N) is 2. The number of sulfonamides is 1. The number of aromatic nitrogens is 1. The van der Waals surface area contributed by atoms with Crippen LogP contribution in [0.4, 0.5) is 20.2 Å². The molecule has 0 saturated heterocycles. The van der Waals surface area contributed by atoms with Crippen molar-refractivity contribution in [2.45, 2.75) is 16.2 Å². The van der Waals surface area contributed by atoms with Gasteiger partial charge in [-0.3, -0.25) is 9.52 Å². The third kappa shape index (κ3) is 5.67. The van der Waals surface area contributed by atoms with E-state index in [1.165, 1.54) is 29.2 Å². The Morgan fingerprint density at radius 1 is 1.00 bits per heavy atom. The quantitative estimate of drug-likeness (QED) is 0.328. The molecule has 0 aliphatic heterocycles. The molecular weight excluding hydrogens is 488 g/mol. The average Bonchev–Trinajstić information content (AvgIpc) is 3.18. The van der Waals surface area contributed by atoms with Gasteiger partial charge in [0.05, 0.1) is 26.6 Å². The fourth-order valence-electron chi connectivity index (χ4n) is 2.85. The highest BCUT2D eigenvalue weighted by Crippen LogP contribution is 2.32. The molecule has 1 amide bonds. The van der Waals surface area contributed by atoms with E-state index in [2.05, 4.69) is 15.0 Å². The van der Waals surface area contributed by atoms with Crippen molar-refractivity contribution in [2.75, 3.05) is 15.8 Å². The number of fused-ring (bicyclic) bond motifs is 1. The van der Waals surface area contributed by atoms with Crippen LogP contribution in [0.2, 0.25) is 0 Å². The summed E-state index contributed by atoms with van der Waals surface area (Å²) in [6, 6.07) is 14.6. The van der Waals surface area contributed by atoms with E-state index in [1.54, 1.807) is 12.1 Å². The summed E-state index contributed by atoms with van der Waals surface area (Å²) in [5.41, 5.74) is 2.72. The minimum absolute atomic E-state index is 0.164. The van der Waals surface area contributed by atoms with Crippen molar-refractivity contribution in [2.24, 2.45) is 0 Å². The van der Waals surface area contributed by atoms with Crippen molar-refractivity contribution < 1.29 is 22.0 Å². The first kappa shape index (κ1) is 23.1.